The predicted octanol–water partition coefficient (Wildman–Crippen LogP) is 3.34. The Balaban J connectivity index is 1.82. The molecule has 4 bridgehead atoms. The summed E-state index contributed by atoms with van der Waals surface area (Å²) in [5.74, 6) is -6.22. The van der Waals surface area contributed by atoms with Crippen molar-refractivity contribution in [2.45, 2.75) is 44.3 Å². The lowest BCUT2D eigenvalue weighted by Gasteiger charge is -2.28. The Hall–Kier alpha value is -3.00. The van der Waals surface area contributed by atoms with Crippen LogP contribution in [0, 0.1) is 5.82 Å². The Kier molecular flexibility index (Phi) is 6.62. The van der Waals surface area contributed by atoms with Crippen molar-refractivity contribution in [1.29, 1.82) is 0 Å². The molecule has 0 spiro atoms. The summed E-state index contributed by atoms with van der Waals surface area (Å²) in [6, 6.07) is 1.45. The Morgan fingerprint density at radius 3 is 2.71 bits per heavy atom. The van der Waals surface area contributed by atoms with E-state index in [2.05, 4.69) is 10.3 Å². The van der Waals surface area contributed by atoms with Gasteiger partial charge in [-0.25, -0.2) is 44.9 Å². The highest BCUT2D eigenvalue weighted by Crippen LogP contribution is 2.37. The van der Waals surface area contributed by atoms with E-state index in [1.807, 2.05) is 4.72 Å². The Labute approximate surface area is 197 Å². The normalized spacial score (nSPS) is 21.9. The largest absolute Gasteiger partial charge is 0.435 e. The molecule has 2 amide bonds. The molecule has 1 fully saturated rings. The fraction of sp³-hybridized carbons (Fsp3) is 0.429. The average molecular weight is 520 g/mol. The van der Waals surface area contributed by atoms with Gasteiger partial charge in [0, 0.05) is 0 Å². The first kappa shape index (κ1) is 25.1. The van der Waals surface area contributed by atoms with E-state index < -0.39 is 82.2 Å². The maximum absolute atomic E-state index is 15.3. The van der Waals surface area contributed by atoms with Crippen LogP contribution >= 0.6 is 0 Å². The summed E-state index contributed by atoms with van der Waals surface area (Å²) in [5, 5.41) is 2.38. The van der Waals surface area contributed by atoms with Crippen molar-refractivity contribution in [3.8, 4) is 11.6 Å². The van der Waals surface area contributed by atoms with Crippen molar-refractivity contribution in [1.82, 2.24) is 19.9 Å². The zero-order valence-corrected chi connectivity index (χ0v) is 19.1. The monoisotopic (exact) mass is 520 g/mol. The van der Waals surface area contributed by atoms with Gasteiger partial charge < -0.3 is 15.0 Å². The third-order valence-electron chi connectivity index (χ3n) is 5.85. The number of alkyl halides is 4. The van der Waals surface area contributed by atoms with Crippen molar-refractivity contribution in [2.75, 3.05) is 12.3 Å². The third kappa shape index (κ3) is 5.03. The van der Waals surface area contributed by atoms with Crippen LogP contribution in [-0.2, 0) is 23.0 Å². The van der Waals surface area contributed by atoms with Crippen LogP contribution in [0.3, 0.4) is 0 Å². The number of nitrogens with one attached hydrogen (secondary N) is 2. The number of rotatable bonds is 4. The van der Waals surface area contributed by atoms with Gasteiger partial charge in [-0.05, 0) is 37.1 Å². The first-order chi connectivity index (χ1) is 16.4. The summed E-state index contributed by atoms with van der Waals surface area (Å²) in [4.78, 5) is 17.5. The number of aromatic nitrogens is 1. The van der Waals surface area contributed by atoms with Crippen LogP contribution in [-0.4, -0.2) is 54.6 Å². The van der Waals surface area contributed by atoms with Gasteiger partial charge in [-0.3, -0.25) is 0 Å². The number of carbonyl (C=O) groups is 1. The average Bonchev–Trinajstić information content (AvgIpc) is 3.03. The first-order valence-electron chi connectivity index (χ1n) is 10.6. The second-order valence-corrected chi connectivity index (χ2v) is 10.2. The Morgan fingerprint density at radius 2 is 2.03 bits per heavy atom. The van der Waals surface area contributed by atoms with E-state index in [1.54, 1.807) is 0 Å². The molecule has 2 aromatic rings. The molecule has 190 valence electrons. The highest BCUT2D eigenvalue weighted by atomic mass is 32.2. The fourth-order valence-electron chi connectivity index (χ4n) is 4.02. The van der Waals surface area contributed by atoms with Crippen LogP contribution in [0.4, 0.5) is 26.7 Å². The van der Waals surface area contributed by atoms with Crippen LogP contribution in [0.25, 0.3) is 0 Å². The highest BCUT2D eigenvalue weighted by Gasteiger charge is 2.57. The quantitative estimate of drug-likeness (QED) is 0.603. The van der Waals surface area contributed by atoms with E-state index in [-0.39, 0.29) is 17.8 Å². The van der Waals surface area contributed by atoms with E-state index in [9.17, 15) is 30.8 Å². The van der Waals surface area contributed by atoms with E-state index in [0.717, 1.165) is 17.0 Å². The maximum Gasteiger partial charge on any atom is 0.318 e. The molecule has 4 rings (SSSR count). The molecule has 1 aromatic carbocycles. The molecular formula is C21H21F5N4O4S. The van der Waals surface area contributed by atoms with E-state index in [4.69, 9.17) is 4.74 Å². The number of sulfonamides is 1. The zero-order chi connectivity index (χ0) is 25.5. The lowest BCUT2D eigenvalue weighted by atomic mass is 9.98. The van der Waals surface area contributed by atoms with E-state index in [0.29, 0.717) is 0 Å². The zero-order valence-electron chi connectivity index (χ0n) is 18.3. The number of carbonyl (C=O) groups excluding carboxylic acids is 1. The molecule has 3 heterocycles. The van der Waals surface area contributed by atoms with Crippen molar-refractivity contribution >= 4 is 16.1 Å². The maximum atomic E-state index is 15.3. The molecule has 2 aliphatic heterocycles. The molecule has 2 aliphatic rings. The van der Waals surface area contributed by atoms with Crippen molar-refractivity contribution in [3.05, 3.63) is 53.0 Å². The Bertz CT molecular complexity index is 1240. The van der Waals surface area contributed by atoms with Crippen LogP contribution in [0.15, 0.2) is 30.3 Å². The molecule has 35 heavy (non-hydrogen) atoms. The van der Waals surface area contributed by atoms with Gasteiger partial charge in [-0.2, -0.15) is 0 Å². The number of pyridine rings is 1. The second kappa shape index (κ2) is 9.22. The third-order valence-corrected chi connectivity index (χ3v) is 7.22. The number of ether oxygens (including phenoxy) is 1. The van der Waals surface area contributed by atoms with Crippen molar-refractivity contribution in [3.63, 3.8) is 0 Å². The summed E-state index contributed by atoms with van der Waals surface area (Å²) in [6.07, 6.45) is -3.49. The van der Waals surface area contributed by atoms with Gasteiger partial charge in [0.25, 0.3) is 12.3 Å². The minimum Gasteiger partial charge on any atom is -0.435 e. The molecule has 0 radical (unpaired) electrons. The van der Waals surface area contributed by atoms with Gasteiger partial charge in [0.2, 0.25) is 15.9 Å². The van der Waals surface area contributed by atoms with Crippen molar-refractivity contribution < 1.29 is 39.9 Å². The second-order valence-electron chi connectivity index (χ2n) is 8.15. The smallest absolute Gasteiger partial charge is 0.318 e. The standard InChI is InChI=1S/C21H21F5N4O4S/c1-2-35(32,33)29-17-14-8-11-4-3-5-15(16(11)22)34-19-13(18(23)24)7-6-12(28-19)9-27-20(31)30(14)10-21(17,25)26/h3-7,14,17-18,29H,2,8-10H2,1H3,(H,27,31)/t14-,17+/m0/s1. The molecule has 0 saturated carbocycles. The molecular weight excluding hydrogens is 499 g/mol. The number of benzene rings is 1. The fourth-order valence-corrected chi connectivity index (χ4v) is 4.90. The molecule has 1 aromatic heterocycles. The molecule has 2 atom stereocenters. The lowest BCUT2D eigenvalue weighted by Crippen LogP contribution is -2.53. The highest BCUT2D eigenvalue weighted by molar-refractivity contribution is 7.89. The van der Waals surface area contributed by atoms with Crippen LogP contribution in [0.5, 0.6) is 11.6 Å². The summed E-state index contributed by atoms with van der Waals surface area (Å²) in [5.41, 5.74) is -0.731. The number of nitrogens with zero attached hydrogens (tertiary/aromatic N) is 2. The topological polar surface area (TPSA) is 101 Å². The summed E-state index contributed by atoms with van der Waals surface area (Å²) in [7, 11) is -4.12. The van der Waals surface area contributed by atoms with E-state index in [1.165, 1.54) is 25.1 Å². The molecule has 2 N–H and O–H groups in total. The van der Waals surface area contributed by atoms with Gasteiger partial charge >= 0.3 is 6.03 Å². The van der Waals surface area contributed by atoms with Crippen LogP contribution in [0.1, 0.15) is 30.2 Å². The number of fused-ring (bicyclic) bond motifs is 5. The Morgan fingerprint density at radius 1 is 1.29 bits per heavy atom. The summed E-state index contributed by atoms with van der Waals surface area (Å²) in [6.45, 7) is -0.195. The minimum absolute atomic E-state index is 0.0549. The number of hydrogen-bond donors (Lipinski definition) is 2. The van der Waals surface area contributed by atoms with Gasteiger partial charge in [-0.15, -0.1) is 0 Å². The first-order valence-corrected chi connectivity index (χ1v) is 12.2. The number of urea groups is 1. The van der Waals surface area contributed by atoms with Crippen molar-refractivity contribution in [2.24, 2.45) is 0 Å². The predicted molar refractivity (Wildman–Crippen MR) is 113 cm³/mol. The van der Waals surface area contributed by atoms with Gasteiger partial charge in [-0.1, -0.05) is 12.1 Å². The van der Waals surface area contributed by atoms with E-state index >= 15 is 4.39 Å². The number of hydrogen-bond acceptors (Lipinski definition) is 5. The van der Waals surface area contributed by atoms with Gasteiger partial charge in [0.15, 0.2) is 11.6 Å². The molecule has 1 saturated heterocycles. The van der Waals surface area contributed by atoms with Gasteiger partial charge in [0.05, 0.1) is 36.1 Å². The van der Waals surface area contributed by atoms with Crippen LogP contribution in [0.2, 0.25) is 0 Å². The summed E-state index contributed by atoms with van der Waals surface area (Å²) >= 11 is 0. The minimum atomic E-state index is -4.12. The molecule has 14 heteroatoms. The van der Waals surface area contributed by atoms with Crippen LogP contribution < -0.4 is 14.8 Å². The molecule has 0 unspecified atom stereocenters. The number of amides is 2. The van der Waals surface area contributed by atoms with Gasteiger partial charge in [0.1, 0.15) is 6.04 Å². The lowest BCUT2D eigenvalue weighted by molar-refractivity contribution is -0.00456. The number of halogens is 5. The SMILES string of the molecule is CCS(=O)(=O)N[C@@H]1[C@@H]2Cc3cccc(c3F)Oc3nc(ccc3C(F)F)CNC(=O)N2CC1(F)F. The molecule has 8 nitrogen and oxygen atoms in total. The summed E-state index contributed by atoms with van der Waals surface area (Å²) < 4.78 is 104. The molecule has 0 aliphatic carbocycles.